The molecule has 0 amide bonds. The molecule has 0 radical (unpaired) electrons. The Morgan fingerprint density at radius 2 is 2.06 bits per heavy atom. The minimum absolute atomic E-state index is 0.168. The van der Waals surface area contributed by atoms with Gasteiger partial charge in [0.25, 0.3) is 0 Å². The topological polar surface area (TPSA) is 21.3 Å². The van der Waals surface area contributed by atoms with Gasteiger partial charge in [-0.15, -0.1) is 0 Å². The van der Waals surface area contributed by atoms with Crippen molar-refractivity contribution in [3.05, 3.63) is 28.8 Å². The minimum Gasteiger partial charge on any atom is -0.495 e. The van der Waals surface area contributed by atoms with Crippen molar-refractivity contribution in [1.82, 2.24) is 5.32 Å². The zero-order valence-corrected chi connectivity index (χ0v) is 11.9. The number of hydrogen-bond donors (Lipinski definition) is 1. The van der Waals surface area contributed by atoms with E-state index in [1.165, 1.54) is 12.0 Å². The zero-order chi connectivity index (χ0) is 12.9. The SMILES string of the molecule is CCCC(C)(C)NCc1ccc(OC)c(Cl)c1. The number of halogens is 1. The van der Waals surface area contributed by atoms with Gasteiger partial charge in [0.2, 0.25) is 0 Å². The lowest BCUT2D eigenvalue weighted by Crippen LogP contribution is -2.38. The Kier molecular flexibility index (Phi) is 5.29. The Hall–Kier alpha value is -0.730. The summed E-state index contributed by atoms with van der Waals surface area (Å²) < 4.78 is 5.13. The van der Waals surface area contributed by atoms with Crippen LogP contribution in [0.15, 0.2) is 18.2 Å². The molecule has 0 saturated carbocycles. The predicted molar refractivity (Wildman–Crippen MR) is 73.8 cm³/mol. The van der Waals surface area contributed by atoms with Gasteiger partial charge in [0.05, 0.1) is 12.1 Å². The van der Waals surface area contributed by atoms with Gasteiger partial charge in [-0.1, -0.05) is 31.0 Å². The van der Waals surface area contributed by atoms with E-state index in [2.05, 4.69) is 26.1 Å². The van der Waals surface area contributed by atoms with Gasteiger partial charge in [-0.25, -0.2) is 0 Å². The first-order valence-corrected chi connectivity index (χ1v) is 6.44. The first-order chi connectivity index (χ1) is 7.98. The lowest BCUT2D eigenvalue weighted by Gasteiger charge is -2.26. The number of rotatable bonds is 6. The fourth-order valence-corrected chi connectivity index (χ4v) is 2.15. The molecule has 0 atom stereocenters. The molecule has 1 rings (SSSR count). The van der Waals surface area contributed by atoms with Crippen molar-refractivity contribution in [3.8, 4) is 5.75 Å². The van der Waals surface area contributed by atoms with Crippen LogP contribution in [0.1, 0.15) is 39.2 Å². The van der Waals surface area contributed by atoms with Gasteiger partial charge >= 0.3 is 0 Å². The van der Waals surface area contributed by atoms with Gasteiger partial charge in [0, 0.05) is 12.1 Å². The third-order valence-corrected chi connectivity index (χ3v) is 3.16. The van der Waals surface area contributed by atoms with Crippen LogP contribution in [0.5, 0.6) is 5.75 Å². The molecule has 0 aliphatic heterocycles. The molecule has 0 aliphatic rings. The summed E-state index contributed by atoms with van der Waals surface area (Å²) in [5.74, 6) is 0.725. The van der Waals surface area contributed by atoms with Gasteiger partial charge in [-0.2, -0.15) is 0 Å². The molecule has 0 heterocycles. The average Bonchev–Trinajstić information content (AvgIpc) is 2.27. The van der Waals surface area contributed by atoms with Crippen LogP contribution in [0.2, 0.25) is 5.02 Å². The first kappa shape index (κ1) is 14.3. The quantitative estimate of drug-likeness (QED) is 0.829. The molecule has 0 saturated heterocycles. The summed E-state index contributed by atoms with van der Waals surface area (Å²) in [7, 11) is 1.63. The summed E-state index contributed by atoms with van der Waals surface area (Å²) in [4.78, 5) is 0. The molecule has 96 valence electrons. The van der Waals surface area contributed by atoms with Crippen molar-refractivity contribution >= 4 is 11.6 Å². The van der Waals surface area contributed by atoms with E-state index in [0.717, 1.165) is 18.7 Å². The molecular formula is C14H22ClNO. The third kappa shape index (κ3) is 4.57. The number of methoxy groups -OCH3 is 1. The van der Waals surface area contributed by atoms with Crippen LogP contribution in [-0.4, -0.2) is 12.6 Å². The van der Waals surface area contributed by atoms with E-state index in [-0.39, 0.29) is 5.54 Å². The third-order valence-electron chi connectivity index (χ3n) is 2.86. The van der Waals surface area contributed by atoms with Crippen LogP contribution in [0.3, 0.4) is 0 Å². The second kappa shape index (κ2) is 6.27. The molecule has 2 nitrogen and oxygen atoms in total. The highest BCUT2D eigenvalue weighted by molar-refractivity contribution is 6.32. The number of nitrogens with one attached hydrogen (secondary N) is 1. The Bertz CT molecular complexity index is 363. The van der Waals surface area contributed by atoms with Crippen molar-refractivity contribution in [3.63, 3.8) is 0 Å². The van der Waals surface area contributed by atoms with E-state index in [4.69, 9.17) is 16.3 Å². The molecule has 1 N–H and O–H groups in total. The van der Waals surface area contributed by atoms with E-state index in [1.54, 1.807) is 7.11 Å². The lowest BCUT2D eigenvalue weighted by atomic mass is 9.98. The van der Waals surface area contributed by atoms with Crippen molar-refractivity contribution in [2.75, 3.05) is 7.11 Å². The summed E-state index contributed by atoms with van der Waals surface area (Å²) in [5.41, 5.74) is 1.35. The molecule has 0 unspecified atom stereocenters. The maximum Gasteiger partial charge on any atom is 0.137 e. The standard InChI is InChI=1S/C14H22ClNO/c1-5-8-14(2,3)16-10-11-6-7-13(17-4)12(15)9-11/h6-7,9,16H,5,8,10H2,1-4H3. The number of ether oxygens (including phenoxy) is 1. The molecule has 0 bridgehead atoms. The van der Waals surface area contributed by atoms with Crippen LogP contribution >= 0.6 is 11.6 Å². The highest BCUT2D eigenvalue weighted by Gasteiger charge is 2.15. The van der Waals surface area contributed by atoms with Crippen LogP contribution in [0.25, 0.3) is 0 Å². The second-order valence-electron chi connectivity index (χ2n) is 4.96. The van der Waals surface area contributed by atoms with Crippen LogP contribution in [0.4, 0.5) is 0 Å². The van der Waals surface area contributed by atoms with Crippen molar-refractivity contribution < 1.29 is 4.74 Å². The van der Waals surface area contributed by atoms with Crippen LogP contribution in [0, 0.1) is 0 Å². The molecule has 0 spiro atoms. The van der Waals surface area contributed by atoms with E-state index >= 15 is 0 Å². The molecule has 3 heteroatoms. The van der Waals surface area contributed by atoms with Gasteiger partial charge in [0.15, 0.2) is 0 Å². The maximum atomic E-state index is 6.09. The van der Waals surface area contributed by atoms with E-state index in [1.807, 2.05) is 18.2 Å². The number of hydrogen-bond acceptors (Lipinski definition) is 2. The zero-order valence-electron chi connectivity index (χ0n) is 11.1. The molecule has 0 fully saturated rings. The Balaban J connectivity index is 2.61. The van der Waals surface area contributed by atoms with Crippen molar-refractivity contribution in [1.29, 1.82) is 0 Å². The highest BCUT2D eigenvalue weighted by Crippen LogP contribution is 2.25. The van der Waals surface area contributed by atoms with Crippen molar-refractivity contribution in [2.45, 2.75) is 45.7 Å². The molecule has 1 aromatic rings. The van der Waals surface area contributed by atoms with E-state index in [9.17, 15) is 0 Å². The molecule has 0 aliphatic carbocycles. The van der Waals surface area contributed by atoms with E-state index in [0.29, 0.717) is 5.02 Å². The smallest absolute Gasteiger partial charge is 0.137 e. The fourth-order valence-electron chi connectivity index (χ4n) is 1.87. The van der Waals surface area contributed by atoms with Gasteiger partial charge < -0.3 is 10.1 Å². The Labute approximate surface area is 109 Å². The van der Waals surface area contributed by atoms with Crippen molar-refractivity contribution in [2.24, 2.45) is 0 Å². The Morgan fingerprint density at radius 1 is 1.35 bits per heavy atom. The Morgan fingerprint density at radius 3 is 2.59 bits per heavy atom. The fraction of sp³-hybridized carbons (Fsp3) is 0.571. The van der Waals surface area contributed by atoms with Gasteiger partial charge in [0.1, 0.15) is 5.75 Å². The predicted octanol–water partition coefficient (Wildman–Crippen LogP) is 4.02. The molecule has 0 aromatic heterocycles. The minimum atomic E-state index is 0.168. The van der Waals surface area contributed by atoms with Crippen LogP contribution in [-0.2, 0) is 6.54 Å². The van der Waals surface area contributed by atoms with Gasteiger partial charge in [-0.3, -0.25) is 0 Å². The normalized spacial score (nSPS) is 11.6. The first-order valence-electron chi connectivity index (χ1n) is 6.06. The largest absolute Gasteiger partial charge is 0.495 e. The highest BCUT2D eigenvalue weighted by atomic mass is 35.5. The lowest BCUT2D eigenvalue weighted by molar-refractivity contribution is 0.356. The molecular weight excluding hydrogens is 234 g/mol. The van der Waals surface area contributed by atoms with Crippen LogP contribution < -0.4 is 10.1 Å². The second-order valence-corrected chi connectivity index (χ2v) is 5.36. The average molecular weight is 256 g/mol. The summed E-state index contributed by atoms with van der Waals surface area (Å²) in [6.07, 6.45) is 2.35. The monoisotopic (exact) mass is 255 g/mol. The molecule has 1 aromatic carbocycles. The van der Waals surface area contributed by atoms with Gasteiger partial charge in [-0.05, 0) is 38.0 Å². The van der Waals surface area contributed by atoms with E-state index < -0.39 is 0 Å². The number of benzene rings is 1. The molecule has 17 heavy (non-hydrogen) atoms. The summed E-state index contributed by atoms with van der Waals surface area (Å²) in [6.45, 7) is 7.48. The summed E-state index contributed by atoms with van der Waals surface area (Å²) in [6, 6.07) is 5.90. The summed E-state index contributed by atoms with van der Waals surface area (Å²) >= 11 is 6.09. The summed E-state index contributed by atoms with van der Waals surface area (Å²) in [5, 5.41) is 4.21. The maximum absolute atomic E-state index is 6.09.